The van der Waals surface area contributed by atoms with Crippen LogP contribution in [0.2, 0.25) is 0 Å². The minimum Gasteiger partial charge on any atom is -0.356 e. The molecule has 7 heteroatoms. The van der Waals surface area contributed by atoms with Gasteiger partial charge in [-0.25, -0.2) is 0 Å². The third-order valence-electron chi connectivity index (χ3n) is 4.57. The highest BCUT2D eigenvalue weighted by molar-refractivity contribution is 5.79. The summed E-state index contributed by atoms with van der Waals surface area (Å²) < 4.78 is 37.2. The van der Waals surface area contributed by atoms with Crippen LogP contribution in [0.3, 0.4) is 0 Å². The van der Waals surface area contributed by atoms with E-state index in [9.17, 15) is 13.2 Å². The van der Waals surface area contributed by atoms with Crippen LogP contribution in [-0.2, 0) is 0 Å². The summed E-state index contributed by atoms with van der Waals surface area (Å²) in [5, 5.41) is 6.63. The zero-order chi connectivity index (χ0) is 18.9. The van der Waals surface area contributed by atoms with Gasteiger partial charge in [-0.05, 0) is 56.5 Å². The number of guanidine groups is 1. The molecule has 2 N–H and O–H groups in total. The molecule has 0 bridgehead atoms. The van der Waals surface area contributed by atoms with Gasteiger partial charge in [0.15, 0.2) is 5.96 Å². The van der Waals surface area contributed by atoms with Crippen LogP contribution in [0, 0.1) is 11.3 Å². The van der Waals surface area contributed by atoms with E-state index < -0.39 is 12.7 Å². The molecule has 1 rings (SSSR count). The number of rotatable bonds is 7. The molecule has 4 nitrogen and oxygen atoms in total. The highest BCUT2D eigenvalue weighted by atomic mass is 19.4. The number of hydrogen-bond donors (Lipinski definition) is 2. The van der Waals surface area contributed by atoms with E-state index in [-0.39, 0.29) is 0 Å². The summed E-state index contributed by atoms with van der Waals surface area (Å²) in [7, 11) is 1.76. The van der Waals surface area contributed by atoms with Gasteiger partial charge in [-0.2, -0.15) is 13.2 Å². The zero-order valence-corrected chi connectivity index (χ0v) is 16.2. The lowest BCUT2D eigenvalue weighted by molar-refractivity contribution is -0.148. The first-order valence-corrected chi connectivity index (χ1v) is 9.33. The maximum Gasteiger partial charge on any atom is 0.401 e. The second-order valence-electron chi connectivity index (χ2n) is 8.21. The standard InChI is InChI=1S/C18H35F3N4/c1-17(2,3)9-5-10-23-16(22-4)24-11-6-15-7-12-25(13-8-15)14-18(19,20)21/h15H,5-14H2,1-4H3,(H2,22,23,24). The second kappa shape index (κ2) is 10.2. The average molecular weight is 365 g/mol. The predicted molar refractivity (Wildman–Crippen MR) is 97.9 cm³/mol. The van der Waals surface area contributed by atoms with Crippen molar-refractivity contribution in [3.63, 3.8) is 0 Å². The fourth-order valence-electron chi connectivity index (χ4n) is 3.13. The van der Waals surface area contributed by atoms with E-state index in [1.165, 1.54) is 4.90 Å². The minimum absolute atomic E-state index is 0.347. The summed E-state index contributed by atoms with van der Waals surface area (Å²) >= 11 is 0. The Balaban J connectivity index is 2.13. The number of aliphatic imine (C=N–C) groups is 1. The molecule has 0 aliphatic carbocycles. The van der Waals surface area contributed by atoms with E-state index in [1.54, 1.807) is 7.05 Å². The Bertz CT molecular complexity index is 394. The van der Waals surface area contributed by atoms with Crippen molar-refractivity contribution in [2.24, 2.45) is 16.3 Å². The average Bonchev–Trinajstić information content (AvgIpc) is 2.49. The van der Waals surface area contributed by atoms with E-state index in [0.29, 0.717) is 24.4 Å². The van der Waals surface area contributed by atoms with Crippen molar-refractivity contribution in [2.75, 3.05) is 39.8 Å². The van der Waals surface area contributed by atoms with Gasteiger partial charge in [0.1, 0.15) is 0 Å². The molecule has 0 spiro atoms. The van der Waals surface area contributed by atoms with Crippen molar-refractivity contribution in [1.82, 2.24) is 15.5 Å². The van der Waals surface area contributed by atoms with Crippen LogP contribution in [0.4, 0.5) is 13.2 Å². The molecule has 1 aliphatic rings. The first-order chi connectivity index (χ1) is 11.6. The Kier molecular flexibility index (Phi) is 9.03. The third-order valence-corrected chi connectivity index (χ3v) is 4.57. The molecule has 0 aromatic rings. The third kappa shape index (κ3) is 11.3. The number of piperidine rings is 1. The van der Waals surface area contributed by atoms with Gasteiger partial charge in [-0.15, -0.1) is 0 Å². The molecule has 0 saturated carbocycles. The first kappa shape index (κ1) is 22.1. The van der Waals surface area contributed by atoms with Gasteiger partial charge in [0.2, 0.25) is 0 Å². The zero-order valence-electron chi connectivity index (χ0n) is 16.2. The molecule has 1 saturated heterocycles. The molecule has 1 fully saturated rings. The van der Waals surface area contributed by atoms with Gasteiger partial charge in [0.25, 0.3) is 0 Å². The summed E-state index contributed by atoms with van der Waals surface area (Å²) in [5.74, 6) is 1.30. The molecule has 148 valence electrons. The normalized spacial score (nSPS) is 18.4. The van der Waals surface area contributed by atoms with Crippen molar-refractivity contribution in [3.8, 4) is 0 Å². The van der Waals surface area contributed by atoms with Crippen LogP contribution in [-0.4, -0.2) is 56.8 Å². The van der Waals surface area contributed by atoms with Crippen LogP contribution in [0.25, 0.3) is 0 Å². The molecular weight excluding hydrogens is 329 g/mol. The molecule has 0 aromatic heterocycles. The van der Waals surface area contributed by atoms with Crippen molar-refractivity contribution in [1.29, 1.82) is 0 Å². The smallest absolute Gasteiger partial charge is 0.356 e. The first-order valence-electron chi connectivity index (χ1n) is 9.33. The SMILES string of the molecule is CN=C(NCCCC(C)(C)C)NCCC1CCN(CC(F)(F)F)CC1. The maximum atomic E-state index is 12.4. The number of likely N-dealkylation sites (tertiary alicyclic amines) is 1. The predicted octanol–water partition coefficient (Wildman–Crippen LogP) is 3.64. The van der Waals surface area contributed by atoms with Gasteiger partial charge in [0, 0.05) is 20.1 Å². The number of nitrogens with zero attached hydrogens (tertiary/aromatic N) is 2. The fraction of sp³-hybridized carbons (Fsp3) is 0.944. The summed E-state index contributed by atoms with van der Waals surface area (Å²) in [5.41, 5.74) is 0.347. The van der Waals surface area contributed by atoms with Crippen LogP contribution in [0.1, 0.15) is 52.9 Å². The lowest BCUT2D eigenvalue weighted by Crippen LogP contribution is -2.41. The van der Waals surface area contributed by atoms with Gasteiger partial charge in [-0.1, -0.05) is 20.8 Å². The van der Waals surface area contributed by atoms with Gasteiger partial charge < -0.3 is 10.6 Å². The van der Waals surface area contributed by atoms with E-state index >= 15 is 0 Å². The fourth-order valence-corrected chi connectivity index (χ4v) is 3.13. The van der Waals surface area contributed by atoms with Crippen molar-refractivity contribution < 1.29 is 13.2 Å². The lowest BCUT2D eigenvalue weighted by Gasteiger charge is -2.32. The highest BCUT2D eigenvalue weighted by Crippen LogP contribution is 2.24. The van der Waals surface area contributed by atoms with Gasteiger partial charge >= 0.3 is 6.18 Å². The Labute approximate surface area is 150 Å². The molecule has 25 heavy (non-hydrogen) atoms. The van der Waals surface area contributed by atoms with Crippen molar-refractivity contribution >= 4 is 5.96 Å². The largest absolute Gasteiger partial charge is 0.401 e. The molecular formula is C18H35F3N4. The van der Waals surface area contributed by atoms with Crippen LogP contribution in [0.5, 0.6) is 0 Å². The summed E-state index contributed by atoms with van der Waals surface area (Å²) in [6.45, 7) is 8.73. The van der Waals surface area contributed by atoms with Crippen molar-refractivity contribution in [3.05, 3.63) is 0 Å². The van der Waals surface area contributed by atoms with Crippen LogP contribution < -0.4 is 10.6 Å². The van der Waals surface area contributed by atoms with Gasteiger partial charge in [-0.3, -0.25) is 9.89 Å². The Morgan fingerprint density at radius 2 is 1.68 bits per heavy atom. The van der Waals surface area contributed by atoms with Crippen molar-refractivity contribution in [2.45, 2.75) is 59.1 Å². The second-order valence-corrected chi connectivity index (χ2v) is 8.21. The van der Waals surface area contributed by atoms with E-state index in [2.05, 4.69) is 36.4 Å². The highest BCUT2D eigenvalue weighted by Gasteiger charge is 2.32. The number of alkyl halides is 3. The lowest BCUT2D eigenvalue weighted by atomic mass is 9.91. The van der Waals surface area contributed by atoms with E-state index in [4.69, 9.17) is 0 Å². The number of hydrogen-bond acceptors (Lipinski definition) is 2. The topological polar surface area (TPSA) is 39.7 Å². The molecule has 0 aromatic carbocycles. The van der Waals surface area contributed by atoms with E-state index in [1.807, 2.05) is 0 Å². The quantitative estimate of drug-likeness (QED) is 0.412. The van der Waals surface area contributed by atoms with Crippen LogP contribution in [0.15, 0.2) is 4.99 Å². The summed E-state index contributed by atoms with van der Waals surface area (Å²) in [6, 6.07) is 0. The summed E-state index contributed by atoms with van der Waals surface area (Å²) in [4.78, 5) is 5.73. The Hall–Kier alpha value is -0.980. The molecule has 0 radical (unpaired) electrons. The Morgan fingerprint density at radius 3 is 2.20 bits per heavy atom. The minimum atomic E-state index is -4.08. The maximum absolute atomic E-state index is 12.4. The molecule has 0 atom stereocenters. The van der Waals surface area contributed by atoms with Gasteiger partial charge in [0.05, 0.1) is 6.54 Å². The molecule has 1 aliphatic heterocycles. The number of nitrogens with one attached hydrogen (secondary N) is 2. The molecule has 0 amide bonds. The molecule has 0 unspecified atom stereocenters. The number of halogens is 3. The Morgan fingerprint density at radius 1 is 1.08 bits per heavy atom. The summed E-state index contributed by atoms with van der Waals surface area (Å²) in [6.07, 6.45) is 0.836. The van der Waals surface area contributed by atoms with Crippen LogP contribution >= 0.6 is 0 Å². The van der Waals surface area contributed by atoms with E-state index in [0.717, 1.165) is 51.2 Å². The monoisotopic (exact) mass is 364 g/mol. The molecule has 1 heterocycles.